The van der Waals surface area contributed by atoms with Gasteiger partial charge in [0, 0.05) is 12.1 Å². The zero-order chi connectivity index (χ0) is 18.8. The van der Waals surface area contributed by atoms with Crippen LogP contribution in [0.3, 0.4) is 0 Å². The molecule has 3 aromatic rings. The smallest absolute Gasteiger partial charge is 0.153 e. The number of nitrogens with zero attached hydrogens (tertiary/aromatic N) is 5. The van der Waals surface area contributed by atoms with Crippen molar-refractivity contribution in [2.45, 2.75) is 32.0 Å². The second kappa shape index (κ2) is 8.82. The van der Waals surface area contributed by atoms with Crippen molar-refractivity contribution in [3.05, 3.63) is 48.3 Å². The monoisotopic (exact) mass is 398 g/mol. The van der Waals surface area contributed by atoms with Crippen LogP contribution in [0.15, 0.2) is 42.7 Å². The Bertz CT molecular complexity index is 947. The van der Waals surface area contributed by atoms with Crippen LogP contribution in [0, 0.1) is 0 Å². The van der Waals surface area contributed by atoms with E-state index in [9.17, 15) is 0 Å². The van der Waals surface area contributed by atoms with E-state index in [-0.39, 0.29) is 12.4 Å². The number of hydrogen-bond donors (Lipinski definition) is 1. The Morgan fingerprint density at radius 2 is 2.04 bits per heavy atom. The van der Waals surface area contributed by atoms with Gasteiger partial charge in [0.05, 0.1) is 17.4 Å². The first-order valence-electron chi connectivity index (χ1n) is 9.49. The Morgan fingerprint density at radius 3 is 2.86 bits per heavy atom. The predicted molar refractivity (Wildman–Crippen MR) is 116 cm³/mol. The summed E-state index contributed by atoms with van der Waals surface area (Å²) >= 11 is 0. The van der Waals surface area contributed by atoms with E-state index in [1.165, 1.54) is 37.7 Å². The zero-order valence-electron chi connectivity index (χ0n) is 16.4. The van der Waals surface area contributed by atoms with Crippen LogP contribution in [0.5, 0.6) is 0 Å². The molecule has 6 nitrogen and oxygen atoms in total. The molecule has 148 valence electrons. The number of piperidine rings is 1. The van der Waals surface area contributed by atoms with E-state index in [1.54, 1.807) is 0 Å². The third kappa shape index (κ3) is 4.24. The van der Waals surface area contributed by atoms with Gasteiger partial charge in [0.15, 0.2) is 5.82 Å². The minimum absolute atomic E-state index is 0. The quantitative estimate of drug-likeness (QED) is 0.724. The molecule has 0 bridgehead atoms. The largest absolute Gasteiger partial charge is 0.382 e. The molecule has 0 aliphatic carbocycles. The van der Waals surface area contributed by atoms with Gasteiger partial charge in [-0.15, -0.1) is 12.4 Å². The summed E-state index contributed by atoms with van der Waals surface area (Å²) in [5, 5.41) is 0. The molecular weight excluding hydrogens is 372 g/mol. The van der Waals surface area contributed by atoms with E-state index in [0.29, 0.717) is 17.5 Å². The van der Waals surface area contributed by atoms with E-state index in [1.807, 2.05) is 12.1 Å². The summed E-state index contributed by atoms with van der Waals surface area (Å²) in [5.41, 5.74) is 10.7. The number of pyridine rings is 1. The van der Waals surface area contributed by atoms with Gasteiger partial charge in [-0.05, 0) is 63.7 Å². The first kappa shape index (κ1) is 20.5. The molecule has 1 aliphatic heterocycles. The van der Waals surface area contributed by atoms with E-state index >= 15 is 0 Å². The van der Waals surface area contributed by atoms with Crippen LogP contribution in [0.1, 0.15) is 24.8 Å². The van der Waals surface area contributed by atoms with E-state index in [2.05, 4.69) is 58.1 Å². The summed E-state index contributed by atoms with van der Waals surface area (Å²) < 4.78 is 0. The first-order chi connectivity index (χ1) is 13.1. The molecule has 4 rings (SSSR count). The maximum absolute atomic E-state index is 5.97. The zero-order valence-corrected chi connectivity index (χ0v) is 17.2. The molecule has 2 N–H and O–H groups in total. The number of nitrogen functional groups attached to an aromatic ring is 1. The molecule has 1 aromatic carbocycles. The van der Waals surface area contributed by atoms with E-state index < -0.39 is 0 Å². The number of hydrogen-bond acceptors (Lipinski definition) is 6. The number of likely N-dealkylation sites (tertiary alicyclic amines) is 1. The maximum Gasteiger partial charge on any atom is 0.153 e. The number of aromatic nitrogens is 3. The van der Waals surface area contributed by atoms with Crippen molar-refractivity contribution in [3.8, 4) is 11.3 Å². The first-order valence-corrected chi connectivity index (χ1v) is 9.49. The molecule has 1 fully saturated rings. The van der Waals surface area contributed by atoms with Gasteiger partial charge in [-0.3, -0.25) is 9.80 Å². The molecule has 0 amide bonds. The van der Waals surface area contributed by atoms with Gasteiger partial charge in [0.2, 0.25) is 0 Å². The Hall–Kier alpha value is -2.28. The minimum Gasteiger partial charge on any atom is -0.382 e. The Balaban J connectivity index is 0.00000225. The second-order valence-corrected chi connectivity index (χ2v) is 7.40. The van der Waals surface area contributed by atoms with Crippen LogP contribution in [0.4, 0.5) is 5.82 Å². The second-order valence-electron chi connectivity index (χ2n) is 7.40. The lowest BCUT2D eigenvalue weighted by molar-refractivity contribution is 0.0454. The maximum atomic E-state index is 5.97. The van der Waals surface area contributed by atoms with Crippen molar-refractivity contribution in [1.29, 1.82) is 0 Å². The number of rotatable bonds is 4. The average molecular weight is 399 g/mol. The normalized spacial score (nSPS) is 17.6. The van der Waals surface area contributed by atoms with Gasteiger partial charge in [-0.1, -0.05) is 18.2 Å². The number of fused-ring (bicyclic) bond motifs is 1. The number of benzene rings is 1. The molecule has 28 heavy (non-hydrogen) atoms. The minimum atomic E-state index is 0. The molecule has 1 saturated heterocycles. The van der Waals surface area contributed by atoms with Crippen molar-refractivity contribution in [2.24, 2.45) is 0 Å². The summed E-state index contributed by atoms with van der Waals surface area (Å²) in [7, 11) is 4.44. The number of anilines is 1. The van der Waals surface area contributed by atoms with Crippen molar-refractivity contribution >= 4 is 29.3 Å². The highest BCUT2D eigenvalue weighted by Gasteiger charge is 2.22. The molecule has 1 atom stereocenters. The summed E-state index contributed by atoms with van der Waals surface area (Å²) in [5.74, 6) is 0.415. The third-order valence-corrected chi connectivity index (χ3v) is 5.41. The summed E-state index contributed by atoms with van der Waals surface area (Å²) in [6, 6.07) is 12.5. The van der Waals surface area contributed by atoms with Crippen LogP contribution < -0.4 is 5.73 Å². The molecule has 1 unspecified atom stereocenters. The molecule has 0 spiro atoms. The average Bonchev–Trinajstić information content (AvgIpc) is 2.68. The molecule has 1 aliphatic rings. The SMILES string of the molecule is CN1CCCCC1N(C)Cc1cccc(-c2ccc3ncnc(N)c3n2)c1.Cl. The number of halogens is 1. The van der Waals surface area contributed by atoms with Crippen molar-refractivity contribution in [3.63, 3.8) is 0 Å². The highest BCUT2D eigenvalue weighted by atomic mass is 35.5. The van der Waals surface area contributed by atoms with Crippen molar-refractivity contribution < 1.29 is 0 Å². The highest BCUT2D eigenvalue weighted by Crippen LogP contribution is 2.24. The van der Waals surface area contributed by atoms with Gasteiger partial charge in [0.1, 0.15) is 11.8 Å². The molecule has 0 saturated carbocycles. The van der Waals surface area contributed by atoms with Gasteiger partial charge in [-0.2, -0.15) is 0 Å². The van der Waals surface area contributed by atoms with Crippen LogP contribution in [-0.2, 0) is 6.54 Å². The van der Waals surface area contributed by atoms with Crippen LogP contribution in [0.25, 0.3) is 22.3 Å². The fourth-order valence-corrected chi connectivity index (χ4v) is 3.96. The highest BCUT2D eigenvalue weighted by molar-refractivity contribution is 5.86. The van der Waals surface area contributed by atoms with Crippen molar-refractivity contribution in [1.82, 2.24) is 24.8 Å². The molecule has 2 aromatic heterocycles. The lowest BCUT2D eigenvalue weighted by atomic mass is 10.0. The number of nitrogens with two attached hydrogens (primary N) is 1. The predicted octanol–water partition coefficient (Wildman–Crippen LogP) is 3.57. The molecule has 0 radical (unpaired) electrons. The Kier molecular flexibility index (Phi) is 6.44. The fourth-order valence-electron chi connectivity index (χ4n) is 3.96. The summed E-state index contributed by atoms with van der Waals surface area (Å²) in [6.07, 6.45) is 5.83. The topological polar surface area (TPSA) is 71.2 Å². The van der Waals surface area contributed by atoms with Crippen LogP contribution >= 0.6 is 12.4 Å². The van der Waals surface area contributed by atoms with Crippen LogP contribution in [-0.4, -0.2) is 51.6 Å². The van der Waals surface area contributed by atoms with Gasteiger partial charge >= 0.3 is 0 Å². The van der Waals surface area contributed by atoms with E-state index in [4.69, 9.17) is 10.7 Å². The lowest BCUT2D eigenvalue weighted by Crippen LogP contribution is -2.46. The standard InChI is InChI=1S/C21H26N6.ClH/c1-26-11-4-3-8-19(26)27(2)13-15-6-5-7-16(12-15)17-9-10-18-20(25-17)21(22)24-14-23-18;/h5-7,9-10,12,14,19H,3-4,8,11,13H2,1-2H3,(H2,22,23,24);1H. The van der Waals surface area contributed by atoms with Gasteiger partial charge in [0.25, 0.3) is 0 Å². The van der Waals surface area contributed by atoms with Gasteiger partial charge in [-0.25, -0.2) is 15.0 Å². The van der Waals surface area contributed by atoms with Crippen LogP contribution in [0.2, 0.25) is 0 Å². The Morgan fingerprint density at radius 1 is 1.18 bits per heavy atom. The lowest BCUT2D eigenvalue weighted by Gasteiger charge is -2.38. The summed E-state index contributed by atoms with van der Waals surface area (Å²) in [4.78, 5) is 17.9. The molecule has 3 heterocycles. The molecular formula is C21H27ClN6. The van der Waals surface area contributed by atoms with Gasteiger partial charge < -0.3 is 5.73 Å². The molecule has 7 heteroatoms. The van der Waals surface area contributed by atoms with Crippen molar-refractivity contribution in [2.75, 3.05) is 26.4 Å². The summed E-state index contributed by atoms with van der Waals surface area (Å²) in [6.45, 7) is 2.10. The van der Waals surface area contributed by atoms with E-state index in [0.717, 1.165) is 23.3 Å². The Labute approximate surface area is 172 Å². The third-order valence-electron chi connectivity index (χ3n) is 5.41. The fraction of sp³-hybridized carbons (Fsp3) is 0.381.